The smallest absolute Gasteiger partial charge is 0.397 e. The van der Waals surface area contributed by atoms with Gasteiger partial charge in [0.05, 0.1) is 63.6 Å². The highest BCUT2D eigenvalue weighted by Gasteiger charge is 2.53. The average Bonchev–Trinajstić information content (AvgIpc) is 4.46. The fraction of sp³-hybridized carbons (Fsp3) is 0.600. The summed E-state index contributed by atoms with van der Waals surface area (Å²) in [4.78, 5) is 94.1. The Bertz CT molecular complexity index is 3520. The topological polar surface area (TPSA) is 529 Å². The number of hydrogen-bond donors (Lipinski definition) is 12. The Morgan fingerprint density at radius 1 is 0.765 bits per heavy atom. The maximum absolute atomic E-state index is 13.8. The highest BCUT2D eigenvalue weighted by Crippen LogP contribution is 2.62. The second-order valence-corrected chi connectivity index (χ2v) is 25.9. The molecule has 4 aliphatic rings. The van der Waals surface area contributed by atoms with Gasteiger partial charge in [0, 0.05) is 33.0 Å². The molecule has 9 heterocycles. The van der Waals surface area contributed by atoms with Gasteiger partial charge in [-0.25, -0.2) is 33.0 Å². The summed E-state index contributed by atoms with van der Waals surface area (Å²) in [7, 11) is -17.2. The second kappa shape index (κ2) is 23.9. The molecule has 4 aliphatic heterocycles. The fourth-order valence-electron chi connectivity index (χ4n) is 9.61. The zero-order valence-electron chi connectivity index (χ0n) is 42.9. The summed E-state index contributed by atoms with van der Waals surface area (Å²) in [6, 6.07) is 0. The summed E-state index contributed by atoms with van der Waals surface area (Å²) in [5.41, 5.74) is 16.7. The molecule has 5 unspecified atom stereocenters. The number of aliphatic hydroxyl groups is 3. The molecule has 5 aromatic rings. The molecule has 41 heteroatoms. The minimum Gasteiger partial charge on any atom is -0.397 e. The van der Waals surface area contributed by atoms with Crippen LogP contribution in [0.15, 0.2) is 39.6 Å². The van der Waals surface area contributed by atoms with E-state index in [2.05, 4.69) is 39.2 Å². The van der Waals surface area contributed by atoms with Crippen LogP contribution in [0.2, 0.25) is 0 Å². The van der Waals surface area contributed by atoms with Crippen molar-refractivity contribution < 1.29 is 104 Å². The highest BCUT2D eigenvalue weighted by atomic mass is 31.3. The molecule has 3 fully saturated rings. The number of hydrogen-bond acceptors (Lipinski definition) is 27. The van der Waals surface area contributed by atoms with E-state index < -0.39 is 148 Å². The van der Waals surface area contributed by atoms with E-state index in [0.29, 0.717) is 12.8 Å². The van der Waals surface area contributed by atoms with Gasteiger partial charge in [-0.2, -0.15) is 4.98 Å². The van der Waals surface area contributed by atoms with Gasteiger partial charge < -0.3 is 80.3 Å². The van der Waals surface area contributed by atoms with Gasteiger partial charge in [-0.15, -0.1) is 0 Å². The molecular formula is C40H59N14O23P4+. The number of H-pyrrole nitrogens is 2. The molecule has 16 atom stereocenters. The van der Waals surface area contributed by atoms with Crippen molar-refractivity contribution in [2.45, 2.75) is 86.8 Å². The molecule has 0 amide bonds. The van der Waals surface area contributed by atoms with Gasteiger partial charge in [-0.3, -0.25) is 56.0 Å². The minimum atomic E-state index is -5.53. The molecule has 9 rings (SSSR count). The predicted molar refractivity (Wildman–Crippen MR) is 274 cm³/mol. The van der Waals surface area contributed by atoms with E-state index in [4.69, 9.17) is 59.0 Å². The Kier molecular flexibility index (Phi) is 17.9. The number of imidazole rings is 3. The number of aromatic amines is 2. The first-order chi connectivity index (χ1) is 38.2. The normalized spacial score (nSPS) is 29.9. The van der Waals surface area contributed by atoms with Crippen molar-refractivity contribution in [3.05, 3.63) is 51.5 Å². The molecule has 446 valence electrons. The maximum Gasteiger partial charge on any atom is 0.479 e. The van der Waals surface area contributed by atoms with Crippen molar-refractivity contribution in [1.82, 2.24) is 43.6 Å². The van der Waals surface area contributed by atoms with Crippen LogP contribution in [-0.4, -0.2) is 187 Å². The third-order valence-electron chi connectivity index (χ3n) is 13.4. The van der Waals surface area contributed by atoms with E-state index in [1.807, 2.05) is 0 Å². The average molecular weight is 1230 g/mol. The van der Waals surface area contributed by atoms with Gasteiger partial charge in [-0.05, 0) is 19.3 Å². The van der Waals surface area contributed by atoms with Crippen LogP contribution in [0.3, 0.4) is 0 Å². The summed E-state index contributed by atoms with van der Waals surface area (Å²) in [6.07, 6.45) is -10.8. The van der Waals surface area contributed by atoms with Crippen LogP contribution < -0.4 is 32.9 Å². The molecule has 0 aliphatic carbocycles. The maximum atomic E-state index is 13.8. The Labute approximate surface area is 455 Å². The number of nitrogens with two attached hydrogens (primary N) is 3. The molecule has 0 spiro atoms. The number of phosphoric acid groups is 2. The number of phosphoric ester groups is 2. The first-order valence-corrected chi connectivity index (χ1v) is 30.9. The van der Waals surface area contributed by atoms with Crippen LogP contribution in [0.1, 0.15) is 43.6 Å². The number of aromatic nitrogens is 10. The standard InChI is InChI=1S/C40H58N14O23P4/c1-51-17-54(33-25(51)35(59)50-40(43)48-33)36-26(55)18(7-9-68-2)20(73-36)12-72-81(66,67)77-79(62,63)11-10-78(60,61)70-14-22-29(30(69-3)38(75-22)52-15-45-23-19(41)6-4-5-8-44-31(23)52)76-80(64,65)71-13-21-27(56)28(57)37(74-21)53-16-46-24-32(53)47-39(42)49-34(24)58/h6,8,15-18,20-22,26-30,36-38,55-57H,4-5,7,9-14,41H2,1-3H3,(H9-,42,43,47,48,49,50,58,59,60,61,62,63,64,65,66,67)/p+1/t18-,20-,21-,22?,26-,27-,28-,29-,30-,36-,37-,38-/m1/s1. The van der Waals surface area contributed by atoms with E-state index in [0.717, 1.165) is 10.9 Å². The summed E-state index contributed by atoms with van der Waals surface area (Å²) in [5, 5.41) is 33.3. The monoisotopic (exact) mass is 1230 g/mol. The van der Waals surface area contributed by atoms with Crippen molar-refractivity contribution in [1.29, 1.82) is 0 Å². The molecule has 0 radical (unpaired) electrons. The highest BCUT2D eigenvalue weighted by molar-refractivity contribution is 7.64. The first kappa shape index (κ1) is 60.5. The van der Waals surface area contributed by atoms with Gasteiger partial charge in [0.1, 0.15) is 48.4 Å². The number of nitrogens with one attached hydrogen (secondary N) is 2. The number of methoxy groups -OCH3 is 2. The van der Waals surface area contributed by atoms with Crippen molar-refractivity contribution in [2.24, 2.45) is 23.7 Å². The van der Waals surface area contributed by atoms with Gasteiger partial charge in [0.25, 0.3) is 17.1 Å². The third kappa shape index (κ3) is 13.0. The van der Waals surface area contributed by atoms with Crippen molar-refractivity contribution in [3.63, 3.8) is 0 Å². The van der Waals surface area contributed by atoms with E-state index in [1.54, 1.807) is 12.3 Å². The van der Waals surface area contributed by atoms with Crippen LogP contribution in [0.4, 0.5) is 17.7 Å². The Morgan fingerprint density at radius 2 is 1.43 bits per heavy atom. The lowest BCUT2D eigenvalue weighted by Gasteiger charge is -2.26. The quantitative estimate of drug-likeness (QED) is 0.0249. The molecule has 0 saturated carbocycles. The zero-order chi connectivity index (χ0) is 58.5. The third-order valence-corrected chi connectivity index (χ3v) is 19.2. The molecule has 81 heavy (non-hydrogen) atoms. The van der Waals surface area contributed by atoms with Gasteiger partial charge >= 0.3 is 36.5 Å². The summed E-state index contributed by atoms with van der Waals surface area (Å²) >= 11 is 0. The molecular weight excluding hydrogens is 1170 g/mol. The molecule has 0 aromatic carbocycles. The van der Waals surface area contributed by atoms with E-state index >= 15 is 0 Å². The van der Waals surface area contributed by atoms with Gasteiger partial charge in [0.15, 0.2) is 35.8 Å². The number of anilines is 2. The number of ether oxygens (including phenoxy) is 5. The number of nitrogens with zero attached hydrogens (tertiary/aromatic N) is 9. The lowest BCUT2D eigenvalue weighted by molar-refractivity contribution is -0.745. The lowest BCUT2D eigenvalue weighted by Crippen LogP contribution is -2.45. The number of rotatable bonds is 23. The summed E-state index contributed by atoms with van der Waals surface area (Å²) < 4.78 is 114. The van der Waals surface area contributed by atoms with Crippen LogP contribution in [-0.2, 0) is 71.4 Å². The molecule has 15 N–H and O–H groups in total. The van der Waals surface area contributed by atoms with E-state index in [1.165, 1.54) is 47.6 Å². The van der Waals surface area contributed by atoms with Crippen LogP contribution >= 0.6 is 30.8 Å². The number of aliphatic imine (C=N–C) groups is 1. The molecule has 0 bridgehead atoms. The van der Waals surface area contributed by atoms with E-state index in [9.17, 15) is 62.7 Å². The zero-order valence-corrected chi connectivity index (χ0v) is 46.5. The summed E-state index contributed by atoms with van der Waals surface area (Å²) in [5.74, 6) is -1.25. The van der Waals surface area contributed by atoms with Crippen molar-refractivity contribution in [3.8, 4) is 0 Å². The minimum absolute atomic E-state index is 0.0303. The van der Waals surface area contributed by atoms with Gasteiger partial charge in [-0.1, -0.05) is 11.1 Å². The van der Waals surface area contributed by atoms with Crippen LogP contribution in [0.25, 0.3) is 28.0 Å². The number of allylic oxidation sites excluding steroid dienone is 1. The number of fused-ring (bicyclic) bond motifs is 3. The number of aliphatic hydroxyl groups excluding tert-OH is 3. The summed E-state index contributed by atoms with van der Waals surface area (Å²) in [6.45, 7) is -2.65. The molecule has 5 aromatic heterocycles. The van der Waals surface area contributed by atoms with Crippen molar-refractivity contribution in [2.75, 3.05) is 64.4 Å². The molecule has 37 nitrogen and oxygen atoms in total. The van der Waals surface area contributed by atoms with Crippen molar-refractivity contribution >= 4 is 82.8 Å². The second-order valence-electron chi connectivity index (χ2n) is 18.9. The Hall–Kier alpha value is -5.04. The number of aryl methyl sites for hydroxylation is 1. The van der Waals surface area contributed by atoms with E-state index in [-0.39, 0.29) is 64.5 Å². The Balaban J connectivity index is 0.860. The SMILES string of the molecule is COCC[C@H]1[C@@H](O)[C@H]([n+]2cn(C)c3c(=O)[nH]c(N)nc32)O[C@@H]1COP(=O)(O)OP(=O)(O)CCP(=O)(O)OCC1O[C@@H](n2cnc3c2N=CCCC=C3N)[C@H](OC)[C@@H]1OP(=O)(O)OC[C@H]1O[C@@H](n2cnc3c(=O)[nH]c(N)nc32)[C@H](O)[C@@H]1O. The first-order valence-electron chi connectivity index (χ1n) is 24.4. The van der Waals surface area contributed by atoms with Crippen LogP contribution in [0, 0.1) is 5.92 Å². The van der Waals surface area contributed by atoms with Gasteiger partial charge in [0.2, 0.25) is 17.7 Å². The lowest BCUT2D eigenvalue weighted by atomic mass is 9.95. The largest absolute Gasteiger partial charge is 0.479 e. The van der Waals surface area contributed by atoms with Crippen LogP contribution in [0.5, 0.6) is 0 Å². The number of nitrogen functional groups attached to an aromatic ring is 2. The Morgan fingerprint density at radius 3 is 2.17 bits per heavy atom. The predicted octanol–water partition coefficient (Wildman–Crippen LogP) is -2.00. The fourth-order valence-corrected chi connectivity index (χ4v) is 15.2. The molecule has 3 saturated heterocycles.